The second kappa shape index (κ2) is 7.72. The highest BCUT2D eigenvalue weighted by atomic mass is 32.9. The number of pyridine rings is 1. The minimum absolute atomic E-state index is 0.243. The second-order valence-electron chi connectivity index (χ2n) is 3.03. The van der Waals surface area contributed by atoms with Gasteiger partial charge in [0, 0.05) is 6.20 Å². The molecule has 0 spiro atoms. The van der Waals surface area contributed by atoms with Gasteiger partial charge in [0.25, 0.3) is 0 Å². The fraction of sp³-hybridized carbons (Fsp3) is 0.400. The smallest absolute Gasteiger partial charge is 0.244 e. The summed E-state index contributed by atoms with van der Waals surface area (Å²) in [6.45, 7) is 2.79. The third-order valence-corrected chi connectivity index (χ3v) is 4.18. The molecule has 1 heterocycles. The predicted octanol–water partition coefficient (Wildman–Crippen LogP) is 2.54. The molecule has 1 rings (SSSR count). The van der Waals surface area contributed by atoms with Crippen molar-refractivity contribution in [2.45, 2.75) is 6.92 Å². The average molecular weight is 304 g/mol. The van der Waals surface area contributed by atoms with Gasteiger partial charge < -0.3 is 13.8 Å². The zero-order chi connectivity index (χ0) is 13.4. The lowest BCUT2D eigenvalue weighted by Gasteiger charge is -2.15. The molecule has 1 unspecified atom stereocenters. The zero-order valence-electron chi connectivity index (χ0n) is 9.78. The van der Waals surface area contributed by atoms with Crippen molar-refractivity contribution >= 4 is 29.7 Å². The van der Waals surface area contributed by atoms with Crippen molar-refractivity contribution in [3.8, 4) is 11.8 Å². The topological polar surface area (TPSA) is 64.4 Å². The van der Waals surface area contributed by atoms with Crippen LogP contribution in [0.2, 0.25) is 0 Å². The SMILES string of the molecule is CCOP(=S)(S)OCCOc1cccnc1C#N. The number of hydrogen-bond donors (Lipinski definition) is 1. The molecular formula is C10H13N2O3PS2. The molecule has 0 N–H and O–H groups in total. The number of thiol groups is 1. The predicted molar refractivity (Wildman–Crippen MR) is 75.3 cm³/mol. The summed E-state index contributed by atoms with van der Waals surface area (Å²) in [5.74, 6) is 0.424. The van der Waals surface area contributed by atoms with Crippen LogP contribution < -0.4 is 4.74 Å². The third kappa shape index (κ3) is 5.34. The second-order valence-corrected chi connectivity index (χ2v) is 8.32. The molecule has 0 saturated carbocycles. The van der Waals surface area contributed by atoms with Gasteiger partial charge in [-0.15, -0.1) is 0 Å². The number of hydrogen-bond acceptors (Lipinski definition) is 6. The molecule has 0 aromatic carbocycles. The standard InChI is InChI=1S/C10H13N2O3PS2/c1-2-14-16(17,18)15-7-6-13-10-4-3-5-12-9(10)8-11/h3-5H,2,6-7H2,1H3,(H,17,18). The van der Waals surface area contributed by atoms with Gasteiger partial charge in [-0.25, -0.2) is 4.98 Å². The van der Waals surface area contributed by atoms with E-state index in [1.54, 1.807) is 12.1 Å². The summed E-state index contributed by atoms with van der Waals surface area (Å²) in [4.78, 5) is 3.87. The van der Waals surface area contributed by atoms with E-state index in [-0.39, 0.29) is 18.9 Å². The molecule has 0 fully saturated rings. The van der Waals surface area contributed by atoms with E-state index in [2.05, 4.69) is 17.2 Å². The molecular weight excluding hydrogens is 291 g/mol. The first kappa shape index (κ1) is 15.4. The minimum atomic E-state index is -2.47. The van der Waals surface area contributed by atoms with E-state index < -0.39 is 5.69 Å². The lowest BCUT2D eigenvalue weighted by Crippen LogP contribution is -2.06. The van der Waals surface area contributed by atoms with Crippen LogP contribution in [0.3, 0.4) is 0 Å². The lowest BCUT2D eigenvalue weighted by atomic mass is 10.3. The van der Waals surface area contributed by atoms with Gasteiger partial charge in [-0.05, 0) is 30.9 Å². The first-order valence-electron chi connectivity index (χ1n) is 5.19. The van der Waals surface area contributed by atoms with E-state index >= 15 is 0 Å². The number of rotatable bonds is 7. The Morgan fingerprint density at radius 1 is 1.50 bits per heavy atom. The Bertz CT molecular complexity index is 478. The normalized spacial score (nSPS) is 13.6. The van der Waals surface area contributed by atoms with Gasteiger partial charge >= 0.3 is 0 Å². The van der Waals surface area contributed by atoms with Crippen LogP contribution in [0.4, 0.5) is 0 Å². The number of aromatic nitrogens is 1. The van der Waals surface area contributed by atoms with Gasteiger partial charge in [0.15, 0.2) is 11.4 Å². The maximum Gasteiger partial charge on any atom is 0.244 e. The largest absolute Gasteiger partial charge is 0.488 e. The van der Waals surface area contributed by atoms with E-state index in [0.29, 0.717) is 12.4 Å². The molecule has 1 atom stereocenters. The van der Waals surface area contributed by atoms with Crippen LogP contribution in [0.5, 0.6) is 5.75 Å². The summed E-state index contributed by atoms with van der Waals surface area (Å²) in [7, 11) is 0. The Morgan fingerprint density at radius 2 is 2.28 bits per heavy atom. The third-order valence-electron chi connectivity index (χ3n) is 1.76. The molecule has 0 aliphatic heterocycles. The highest BCUT2D eigenvalue weighted by molar-refractivity contribution is 8.60. The molecule has 0 radical (unpaired) electrons. The number of nitriles is 1. The Balaban J connectivity index is 2.39. The van der Waals surface area contributed by atoms with Crippen LogP contribution in [0.15, 0.2) is 18.3 Å². The van der Waals surface area contributed by atoms with Crippen molar-refractivity contribution < 1.29 is 13.8 Å². The Hall–Kier alpha value is -0.640. The Morgan fingerprint density at radius 3 is 2.94 bits per heavy atom. The quantitative estimate of drug-likeness (QED) is 0.474. The summed E-state index contributed by atoms with van der Waals surface area (Å²) in [5.41, 5.74) is -2.22. The molecule has 0 saturated heterocycles. The van der Waals surface area contributed by atoms with E-state index in [9.17, 15) is 0 Å². The molecule has 1 aromatic rings. The number of ether oxygens (including phenoxy) is 1. The first-order chi connectivity index (χ1) is 8.59. The van der Waals surface area contributed by atoms with Crippen LogP contribution >= 0.6 is 17.9 Å². The molecule has 1 aromatic heterocycles. The Kier molecular flexibility index (Phi) is 6.61. The van der Waals surface area contributed by atoms with Crippen LogP contribution in [-0.2, 0) is 20.9 Å². The van der Waals surface area contributed by atoms with Gasteiger partial charge in [0.1, 0.15) is 12.7 Å². The van der Waals surface area contributed by atoms with Crippen molar-refractivity contribution in [3.63, 3.8) is 0 Å². The summed E-state index contributed by atoms with van der Waals surface area (Å²) in [5, 5.41) is 8.81. The molecule has 0 aliphatic carbocycles. The van der Waals surface area contributed by atoms with E-state index in [1.807, 2.05) is 13.0 Å². The summed E-state index contributed by atoms with van der Waals surface area (Å²) >= 11 is 9.16. The highest BCUT2D eigenvalue weighted by Gasteiger charge is 2.11. The van der Waals surface area contributed by atoms with Gasteiger partial charge in [-0.3, -0.25) is 0 Å². The molecule has 98 valence electrons. The average Bonchev–Trinajstić information content (AvgIpc) is 2.35. The molecule has 18 heavy (non-hydrogen) atoms. The van der Waals surface area contributed by atoms with Gasteiger partial charge in [0.05, 0.1) is 13.2 Å². The van der Waals surface area contributed by atoms with Crippen molar-refractivity contribution in [2.75, 3.05) is 19.8 Å². The monoisotopic (exact) mass is 304 g/mol. The van der Waals surface area contributed by atoms with Gasteiger partial charge in [-0.2, -0.15) is 5.26 Å². The maximum absolute atomic E-state index is 8.81. The maximum atomic E-state index is 8.81. The summed E-state index contributed by atoms with van der Waals surface area (Å²) in [6.07, 6.45) is 1.53. The fourth-order valence-corrected chi connectivity index (χ4v) is 2.93. The fourth-order valence-electron chi connectivity index (χ4n) is 1.10. The minimum Gasteiger partial charge on any atom is -0.488 e. The summed E-state index contributed by atoms with van der Waals surface area (Å²) in [6, 6.07) is 5.31. The highest BCUT2D eigenvalue weighted by Crippen LogP contribution is 2.52. The molecule has 0 bridgehead atoms. The molecule has 0 aliphatic rings. The Labute approximate surface area is 116 Å². The van der Waals surface area contributed by atoms with Gasteiger partial charge in [0.2, 0.25) is 5.69 Å². The van der Waals surface area contributed by atoms with Crippen molar-refractivity contribution in [1.82, 2.24) is 4.98 Å². The van der Waals surface area contributed by atoms with Crippen LogP contribution in [0.25, 0.3) is 0 Å². The summed E-state index contributed by atoms with van der Waals surface area (Å²) < 4.78 is 15.9. The van der Waals surface area contributed by atoms with Crippen molar-refractivity contribution in [3.05, 3.63) is 24.0 Å². The molecule has 8 heteroatoms. The van der Waals surface area contributed by atoms with Crippen LogP contribution in [-0.4, -0.2) is 24.8 Å². The van der Waals surface area contributed by atoms with Crippen LogP contribution in [0.1, 0.15) is 12.6 Å². The molecule has 0 amide bonds. The van der Waals surface area contributed by atoms with E-state index in [0.717, 1.165) is 0 Å². The zero-order valence-corrected chi connectivity index (χ0v) is 12.4. The van der Waals surface area contributed by atoms with E-state index in [1.165, 1.54) is 6.20 Å². The van der Waals surface area contributed by atoms with Gasteiger partial charge in [-0.1, -0.05) is 12.2 Å². The van der Waals surface area contributed by atoms with Crippen molar-refractivity contribution in [1.29, 1.82) is 5.26 Å². The first-order valence-corrected chi connectivity index (χ1v) is 8.98. The van der Waals surface area contributed by atoms with Crippen molar-refractivity contribution in [2.24, 2.45) is 0 Å². The van der Waals surface area contributed by atoms with Crippen LogP contribution in [0, 0.1) is 11.3 Å². The lowest BCUT2D eigenvalue weighted by molar-refractivity contribution is 0.206. The molecule has 5 nitrogen and oxygen atoms in total. The van der Waals surface area contributed by atoms with E-state index in [4.69, 9.17) is 30.9 Å². The number of nitrogens with zero attached hydrogens (tertiary/aromatic N) is 2.